The van der Waals surface area contributed by atoms with Gasteiger partial charge in [0, 0.05) is 18.5 Å². The Morgan fingerprint density at radius 2 is 1.74 bits per heavy atom. The summed E-state index contributed by atoms with van der Waals surface area (Å²) in [7, 11) is 2.99. The Kier molecular flexibility index (Phi) is 12.6. The standard InChI is InChI=1S/C30H32Cl2F2N2O9S/c1-41-24-7-5-18(11-27(24)42-2)9-10-36(46(39)40)16-29(37)44-26(13-21-22(31)14-35(38)15-23(21)32)20-6-8-25(45-30(33)34)28(12-20)43-17-19-3-4-19/h5-8,11-12,14-15,19,26,30H,3-4,9-10,13,16-17H2,1-2H3,(H,39,40)/t26-/m0/s1. The minimum absolute atomic E-state index is 0.000539. The van der Waals surface area contributed by atoms with Crippen molar-refractivity contribution in [1.82, 2.24) is 4.31 Å². The molecule has 3 aromatic rings. The summed E-state index contributed by atoms with van der Waals surface area (Å²) in [6.07, 6.45) is 3.08. The Morgan fingerprint density at radius 1 is 1.07 bits per heavy atom. The van der Waals surface area contributed by atoms with Crippen molar-refractivity contribution in [1.29, 1.82) is 0 Å². The van der Waals surface area contributed by atoms with Gasteiger partial charge in [0.25, 0.3) is 0 Å². The molecule has 2 atom stereocenters. The number of hydrogen-bond donors (Lipinski definition) is 1. The third-order valence-corrected chi connectivity index (χ3v) is 8.48. The van der Waals surface area contributed by atoms with E-state index in [1.54, 1.807) is 18.2 Å². The molecule has 1 aliphatic carbocycles. The molecule has 1 unspecified atom stereocenters. The average Bonchev–Trinajstić information content (AvgIpc) is 3.84. The molecule has 250 valence electrons. The van der Waals surface area contributed by atoms with Crippen molar-refractivity contribution in [2.45, 2.75) is 38.4 Å². The van der Waals surface area contributed by atoms with E-state index in [0.717, 1.165) is 35.1 Å². The second-order valence-electron chi connectivity index (χ2n) is 10.3. The van der Waals surface area contributed by atoms with Gasteiger partial charge >= 0.3 is 12.6 Å². The molecular formula is C30H32Cl2F2N2O9S. The lowest BCUT2D eigenvalue weighted by atomic mass is 10.0. The summed E-state index contributed by atoms with van der Waals surface area (Å²) >= 11 is 10.1. The normalized spacial score (nSPS) is 14.2. The molecular weight excluding hydrogens is 673 g/mol. The van der Waals surface area contributed by atoms with Gasteiger partial charge in [0.2, 0.25) is 11.3 Å². The van der Waals surface area contributed by atoms with Crippen LogP contribution in [0.1, 0.15) is 35.6 Å². The molecule has 1 saturated carbocycles. The van der Waals surface area contributed by atoms with E-state index in [2.05, 4.69) is 4.74 Å². The van der Waals surface area contributed by atoms with Crippen LogP contribution in [0.5, 0.6) is 23.0 Å². The summed E-state index contributed by atoms with van der Waals surface area (Å²) in [4.78, 5) is 13.3. The first-order valence-corrected chi connectivity index (χ1v) is 15.8. The van der Waals surface area contributed by atoms with Crippen LogP contribution in [-0.2, 0) is 33.6 Å². The van der Waals surface area contributed by atoms with E-state index >= 15 is 0 Å². The molecule has 1 aromatic heterocycles. The van der Waals surface area contributed by atoms with Crippen LogP contribution in [0.2, 0.25) is 10.0 Å². The number of esters is 1. The molecule has 0 aliphatic heterocycles. The van der Waals surface area contributed by atoms with E-state index < -0.39 is 36.5 Å². The quantitative estimate of drug-likeness (QED) is 0.0833. The van der Waals surface area contributed by atoms with Gasteiger partial charge in [-0.25, -0.2) is 4.21 Å². The molecule has 0 bridgehead atoms. The summed E-state index contributed by atoms with van der Waals surface area (Å²) < 4.78 is 76.5. The van der Waals surface area contributed by atoms with E-state index in [1.807, 2.05) is 0 Å². The molecule has 16 heteroatoms. The lowest BCUT2D eigenvalue weighted by molar-refractivity contribution is -0.605. The Bertz CT molecular complexity index is 1530. The highest BCUT2D eigenvalue weighted by Gasteiger charge is 2.27. The number of hydrogen-bond acceptors (Lipinski definition) is 8. The maximum Gasteiger partial charge on any atom is 0.387 e. The molecule has 1 fully saturated rings. The number of methoxy groups -OCH3 is 2. The average molecular weight is 706 g/mol. The highest BCUT2D eigenvalue weighted by molar-refractivity contribution is 7.76. The molecule has 46 heavy (non-hydrogen) atoms. The zero-order valence-corrected chi connectivity index (χ0v) is 27.2. The number of ether oxygens (including phenoxy) is 5. The number of pyridine rings is 1. The third-order valence-electron chi connectivity index (χ3n) is 7.07. The Hall–Kier alpha value is -3.43. The van der Waals surface area contributed by atoms with Gasteiger partial charge in [-0.05, 0) is 60.6 Å². The maximum atomic E-state index is 13.3. The molecule has 0 amide bonds. The highest BCUT2D eigenvalue weighted by atomic mass is 35.5. The summed E-state index contributed by atoms with van der Waals surface area (Å²) in [5, 5.41) is 11.8. The number of carbonyl (C=O) groups is 1. The Labute approximate surface area is 276 Å². The van der Waals surface area contributed by atoms with Crippen LogP contribution in [0.15, 0.2) is 48.8 Å². The second-order valence-corrected chi connectivity index (χ2v) is 12.1. The molecule has 0 radical (unpaired) electrons. The van der Waals surface area contributed by atoms with E-state index in [9.17, 15) is 27.5 Å². The summed E-state index contributed by atoms with van der Waals surface area (Å²) in [6, 6.07) is 9.27. The van der Waals surface area contributed by atoms with Crippen molar-refractivity contribution < 1.29 is 50.8 Å². The van der Waals surface area contributed by atoms with E-state index in [0.29, 0.717) is 27.7 Å². The molecule has 1 aliphatic rings. The van der Waals surface area contributed by atoms with Gasteiger partial charge in [-0.3, -0.25) is 9.35 Å². The van der Waals surface area contributed by atoms with Crippen LogP contribution in [0, 0.1) is 11.1 Å². The molecule has 2 aromatic carbocycles. The van der Waals surface area contributed by atoms with Crippen molar-refractivity contribution >= 4 is 40.4 Å². The molecule has 1 heterocycles. The largest absolute Gasteiger partial charge is 0.619 e. The lowest BCUT2D eigenvalue weighted by Gasteiger charge is -2.23. The van der Waals surface area contributed by atoms with Crippen molar-refractivity contribution in [3.63, 3.8) is 0 Å². The SMILES string of the molecule is COc1ccc(CCN(CC(=O)O[C@@H](Cc2c(Cl)c[n+]([O-])cc2Cl)c2ccc(OC(F)F)c(OCC3CC3)c2)S(=O)O)cc1OC. The van der Waals surface area contributed by atoms with Crippen LogP contribution < -0.4 is 23.7 Å². The van der Waals surface area contributed by atoms with Crippen molar-refractivity contribution in [3.8, 4) is 23.0 Å². The van der Waals surface area contributed by atoms with E-state index in [-0.39, 0.29) is 53.1 Å². The number of halogens is 4. The number of alkyl halides is 2. The van der Waals surface area contributed by atoms with Gasteiger partial charge in [-0.1, -0.05) is 35.3 Å². The fourth-order valence-electron chi connectivity index (χ4n) is 4.50. The van der Waals surface area contributed by atoms with Crippen LogP contribution in [0.3, 0.4) is 0 Å². The Morgan fingerprint density at radius 3 is 2.35 bits per heavy atom. The Balaban J connectivity index is 1.57. The van der Waals surface area contributed by atoms with E-state index in [4.69, 9.17) is 42.1 Å². The highest BCUT2D eigenvalue weighted by Crippen LogP contribution is 2.38. The molecule has 11 nitrogen and oxygen atoms in total. The zero-order chi connectivity index (χ0) is 33.4. The minimum Gasteiger partial charge on any atom is -0.619 e. The molecule has 0 spiro atoms. The van der Waals surface area contributed by atoms with Gasteiger partial charge in [0.1, 0.15) is 22.7 Å². The second kappa shape index (κ2) is 16.4. The van der Waals surface area contributed by atoms with Crippen LogP contribution >= 0.6 is 23.2 Å². The van der Waals surface area contributed by atoms with Crippen molar-refractivity contribution in [2.75, 3.05) is 33.9 Å². The van der Waals surface area contributed by atoms with Crippen molar-refractivity contribution in [3.05, 3.63) is 80.7 Å². The first-order chi connectivity index (χ1) is 22.0. The number of aromatic nitrogens is 1. The number of rotatable bonds is 17. The van der Waals surface area contributed by atoms with Crippen LogP contribution in [0.4, 0.5) is 8.78 Å². The van der Waals surface area contributed by atoms with Gasteiger partial charge in [0.05, 0.1) is 20.8 Å². The maximum absolute atomic E-state index is 13.3. The smallest absolute Gasteiger partial charge is 0.387 e. The summed E-state index contributed by atoms with van der Waals surface area (Å²) in [5.74, 6) is 0.218. The predicted molar refractivity (Wildman–Crippen MR) is 165 cm³/mol. The van der Waals surface area contributed by atoms with Gasteiger partial charge in [-0.15, -0.1) is 0 Å². The lowest BCUT2D eigenvalue weighted by Crippen LogP contribution is -2.35. The van der Waals surface area contributed by atoms with Crippen molar-refractivity contribution in [2.24, 2.45) is 5.92 Å². The molecule has 0 saturated heterocycles. The fraction of sp³-hybridized carbons (Fsp3) is 0.400. The van der Waals surface area contributed by atoms with Crippen LogP contribution in [0.25, 0.3) is 0 Å². The van der Waals surface area contributed by atoms with Gasteiger partial charge < -0.3 is 28.9 Å². The molecule has 4 rings (SSSR count). The monoisotopic (exact) mass is 704 g/mol. The third kappa shape index (κ3) is 10.0. The molecule has 1 N–H and O–H groups in total. The zero-order valence-electron chi connectivity index (χ0n) is 24.8. The number of nitrogens with zero attached hydrogens (tertiary/aromatic N) is 2. The first-order valence-electron chi connectivity index (χ1n) is 14.0. The van der Waals surface area contributed by atoms with Gasteiger partial charge in [0.15, 0.2) is 35.4 Å². The fourth-order valence-corrected chi connectivity index (χ4v) is 5.57. The summed E-state index contributed by atoms with van der Waals surface area (Å²) in [6.45, 7) is -3.41. The minimum atomic E-state index is -3.10. The van der Waals surface area contributed by atoms with E-state index in [1.165, 1.54) is 32.4 Å². The van der Waals surface area contributed by atoms with Gasteiger partial charge in [-0.2, -0.15) is 17.8 Å². The predicted octanol–water partition coefficient (Wildman–Crippen LogP) is 5.54. The summed E-state index contributed by atoms with van der Waals surface area (Å²) in [5.41, 5.74) is 1.35. The van der Waals surface area contributed by atoms with Crippen LogP contribution in [-0.4, -0.2) is 59.6 Å². The topological polar surface area (TPSA) is 131 Å². The number of benzene rings is 2. The first kappa shape index (κ1) is 35.4. The number of carbonyl (C=O) groups excluding carboxylic acids is 1.